The van der Waals surface area contributed by atoms with Gasteiger partial charge < -0.3 is 16.0 Å². The van der Waals surface area contributed by atoms with Gasteiger partial charge >= 0.3 is 0 Å². The molecule has 0 bridgehead atoms. The van der Waals surface area contributed by atoms with E-state index in [1.165, 1.54) is 0 Å². The van der Waals surface area contributed by atoms with Crippen LogP contribution in [0.3, 0.4) is 0 Å². The Hall–Kier alpha value is -1.24. The number of hydrogen-bond donors (Lipinski definition) is 3. The van der Waals surface area contributed by atoms with E-state index in [0.29, 0.717) is 25.9 Å². The van der Waals surface area contributed by atoms with E-state index in [0.717, 1.165) is 23.6 Å². The first-order chi connectivity index (χ1) is 10.7. The summed E-state index contributed by atoms with van der Waals surface area (Å²) in [7, 11) is 0. The van der Waals surface area contributed by atoms with E-state index in [-0.39, 0.29) is 30.3 Å². The van der Waals surface area contributed by atoms with Crippen molar-refractivity contribution in [1.82, 2.24) is 16.0 Å². The highest BCUT2D eigenvalue weighted by atomic mass is 35.5. The largest absolute Gasteiger partial charge is 0.356 e. The van der Waals surface area contributed by atoms with Crippen LogP contribution in [-0.4, -0.2) is 42.5 Å². The molecule has 0 saturated carbocycles. The van der Waals surface area contributed by atoms with E-state index in [4.69, 9.17) is 0 Å². The SMILES string of the molecule is Cl.O=C(CCNC(=O)CC1CSCCN1)NCc1ccccc1. The molecule has 0 aliphatic carbocycles. The highest BCUT2D eigenvalue weighted by Crippen LogP contribution is 2.09. The number of carbonyl (C=O) groups is 2. The van der Waals surface area contributed by atoms with Gasteiger partial charge in [-0.2, -0.15) is 11.8 Å². The lowest BCUT2D eigenvalue weighted by Crippen LogP contribution is -2.41. The van der Waals surface area contributed by atoms with Crippen molar-refractivity contribution in [2.45, 2.75) is 25.4 Å². The molecule has 5 nitrogen and oxygen atoms in total. The quantitative estimate of drug-likeness (QED) is 0.688. The molecule has 23 heavy (non-hydrogen) atoms. The fourth-order valence-electron chi connectivity index (χ4n) is 2.25. The van der Waals surface area contributed by atoms with E-state index in [9.17, 15) is 9.59 Å². The van der Waals surface area contributed by atoms with E-state index in [2.05, 4.69) is 16.0 Å². The minimum Gasteiger partial charge on any atom is -0.356 e. The van der Waals surface area contributed by atoms with Crippen molar-refractivity contribution < 1.29 is 9.59 Å². The van der Waals surface area contributed by atoms with Crippen LogP contribution in [0.15, 0.2) is 30.3 Å². The number of thioether (sulfide) groups is 1. The lowest BCUT2D eigenvalue weighted by Gasteiger charge is -2.22. The summed E-state index contributed by atoms with van der Waals surface area (Å²) in [6.07, 6.45) is 0.796. The number of hydrogen-bond acceptors (Lipinski definition) is 4. The van der Waals surface area contributed by atoms with Crippen LogP contribution in [0.4, 0.5) is 0 Å². The number of halogens is 1. The molecule has 1 aromatic carbocycles. The van der Waals surface area contributed by atoms with Gasteiger partial charge in [0.15, 0.2) is 0 Å². The average Bonchev–Trinajstić information content (AvgIpc) is 2.55. The molecule has 1 unspecified atom stereocenters. The minimum absolute atomic E-state index is 0. The highest BCUT2D eigenvalue weighted by Gasteiger charge is 2.16. The zero-order valence-electron chi connectivity index (χ0n) is 13.0. The fraction of sp³-hybridized carbons (Fsp3) is 0.500. The molecule has 1 heterocycles. The Morgan fingerprint density at radius 3 is 2.65 bits per heavy atom. The van der Waals surface area contributed by atoms with Crippen LogP contribution in [0.5, 0.6) is 0 Å². The molecule has 0 radical (unpaired) electrons. The van der Waals surface area contributed by atoms with Gasteiger partial charge in [0.2, 0.25) is 11.8 Å². The summed E-state index contributed by atoms with van der Waals surface area (Å²) in [6.45, 7) is 1.88. The van der Waals surface area contributed by atoms with Crippen LogP contribution in [0.25, 0.3) is 0 Å². The molecule has 2 amide bonds. The molecule has 1 aromatic rings. The number of amides is 2. The van der Waals surface area contributed by atoms with Gasteiger partial charge in [0, 0.05) is 50.0 Å². The van der Waals surface area contributed by atoms with Crippen LogP contribution in [0, 0.1) is 0 Å². The van der Waals surface area contributed by atoms with E-state index >= 15 is 0 Å². The number of rotatable bonds is 7. The van der Waals surface area contributed by atoms with Gasteiger partial charge in [-0.3, -0.25) is 9.59 Å². The van der Waals surface area contributed by atoms with E-state index in [1.54, 1.807) is 0 Å². The Labute approximate surface area is 147 Å². The maximum Gasteiger partial charge on any atom is 0.222 e. The molecule has 0 spiro atoms. The van der Waals surface area contributed by atoms with E-state index in [1.807, 2.05) is 42.1 Å². The van der Waals surface area contributed by atoms with Gasteiger partial charge in [0.25, 0.3) is 0 Å². The van der Waals surface area contributed by atoms with Gasteiger partial charge in [-0.25, -0.2) is 0 Å². The summed E-state index contributed by atoms with van der Waals surface area (Å²) in [5.74, 6) is 2.05. The molecule has 1 aliphatic heterocycles. The normalized spacial score (nSPS) is 17.0. The Balaban J connectivity index is 0.00000264. The van der Waals surface area contributed by atoms with Crippen LogP contribution in [0.1, 0.15) is 18.4 Å². The zero-order valence-corrected chi connectivity index (χ0v) is 14.7. The van der Waals surface area contributed by atoms with Crippen LogP contribution in [-0.2, 0) is 16.1 Å². The number of nitrogens with one attached hydrogen (secondary N) is 3. The average molecular weight is 358 g/mol. The smallest absolute Gasteiger partial charge is 0.222 e. The summed E-state index contributed by atoms with van der Waals surface area (Å²) in [5.41, 5.74) is 1.07. The second-order valence-electron chi connectivity index (χ2n) is 5.29. The van der Waals surface area contributed by atoms with Crippen LogP contribution >= 0.6 is 24.2 Å². The standard InChI is InChI=1S/C16H23N3O2S.ClH/c20-15(19-11-13-4-2-1-3-5-13)6-7-18-16(21)10-14-12-22-9-8-17-14;/h1-5,14,17H,6-12H2,(H,18,21)(H,19,20);1H. The van der Waals surface area contributed by atoms with Crippen molar-refractivity contribution in [2.75, 3.05) is 24.6 Å². The molecule has 3 N–H and O–H groups in total. The molecule has 128 valence electrons. The molecular weight excluding hydrogens is 334 g/mol. The summed E-state index contributed by atoms with van der Waals surface area (Å²) < 4.78 is 0. The van der Waals surface area contributed by atoms with Gasteiger partial charge in [0.05, 0.1) is 0 Å². The summed E-state index contributed by atoms with van der Waals surface area (Å²) in [5, 5.41) is 8.98. The predicted octanol–water partition coefficient (Wildman–Crippen LogP) is 1.33. The first-order valence-corrected chi connectivity index (χ1v) is 8.78. The molecular formula is C16H24ClN3O2S. The number of benzene rings is 1. The molecule has 7 heteroatoms. The summed E-state index contributed by atoms with van der Waals surface area (Å²) >= 11 is 1.87. The van der Waals surface area contributed by atoms with Crippen molar-refractivity contribution in [1.29, 1.82) is 0 Å². The fourth-order valence-corrected chi connectivity index (χ4v) is 3.20. The van der Waals surface area contributed by atoms with Crippen molar-refractivity contribution in [3.63, 3.8) is 0 Å². The molecule has 1 saturated heterocycles. The molecule has 0 aromatic heterocycles. The summed E-state index contributed by atoms with van der Waals surface area (Å²) in [6, 6.07) is 10.0. The topological polar surface area (TPSA) is 70.2 Å². The lowest BCUT2D eigenvalue weighted by molar-refractivity contribution is -0.122. The third-order valence-electron chi connectivity index (χ3n) is 3.44. The van der Waals surface area contributed by atoms with Crippen molar-refractivity contribution >= 4 is 36.0 Å². The van der Waals surface area contributed by atoms with Crippen molar-refractivity contribution in [3.05, 3.63) is 35.9 Å². The monoisotopic (exact) mass is 357 g/mol. The van der Waals surface area contributed by atoms with Gasteiger partial charge in [0.1, 0.15) is 0 Å². The van der Waals surface area contributed by atoms with Gasteiger partial charge in [-0.15, -0.1) is 12.4 Å². The second kappa shape index (κ2) is 11.3. The lowest BCUT2D eigenvalue weighted by atomic mass is 10.2. The van der Waals surface area contributed by atoms with Gasteiger partial charge in [-0.05, 0) is 5.56 Å². The van der Waals surface area contributed by atoms with Crippen LogP contribution in [0.2, 0.25) is 0 Å². The summed E-state index contributed by atoms with van der Waals surface area (Å²) in [4.78, 5) is 23.5. The first kappa shape index (κ1) is 19.8. The maximum atomic E-state index is 11.8. The first-order valence-electron chi connectivity index (χ1n) is 7.62. The Kier molecular flexibility index (Phi) is 9.75. The molecule has 1 atom stereocenters. The maximum absolute atomic E-state index is 11.8. The highest BCUT2D eigenvalue weighted by molar-refractivity contribution is 7.99. The minimum atomic E-state index is -0.0458. The molecule has 2 rings (SSSR count). The van der Waals surface area contributed by atoms with Gasteiger partial charge in [-0.1, -0.05) is 30.3 Å². The van der Waals surface area contributed by atoms with Crippen molar-refractivity contribution in [2.24, 2.45) is 0 Å². The Morgan fingerprint density at radius 1 is 1.17 bits per heavy atom. The van der Waals surface area contributed by atoms with Crippen molar-refractivity contribution in [3.8, 4) is 0 Å². The predicted molar refractivity (Wildman–Crippen MR) is 96.9 cm³/mol. The molecule has 1 fully saturated rings. The Morgan fingerprint density at radius 2 is 1.96 bits per heavy atom. The van der Waals surface area contributed by atoms with E-state index < -0.39 is 0 Å². The number of carbonyl (C=O) groups excluding carboxylic acids is 2. The third kappa shape index (κ3) is 8.25. The zero-order chi connectivity index (χ0) is 15.6. The molecule has 1 aliphatic rings. The van der Waals surface area contributed by atoms with Crippen LogP contribution < -0.4 is 16.0 Å². The Bertz CT molecular complexity index is 481. The second-order valence-corrected chi connectivity index (χ2v) is 6.44. The third-order valence-corrected chi connectivity index (χ3v) is 4.57.